The zero-order valence-electron chi connectivity index (χ0n) is 24.8. The lowest BCUT2D eigenvalue weighted by Crippen LogP contribution is -2.49. The molecule has 208 valence electrons. The number of anilines is 1. The zero-order chi connectivity index (χ0) is 29.0. The number of hydrogen-bond donors (Lipinski definition) is 0. The van der Waals surface area contributed by atoms with Gasteiger partial charge in [0.1, 0.15) is 6.29 Å². The smallest absolute Gasteiger partial charge is 0.237 e. The summed E-state index contributed by atoms with van der Waals surface area (Å²) < 4.78 is 0. The van der Waals surface area contributed by atoms with Crippen LogP contribution in [0.15, 0.2) is 36.4 Å². The Bertz CT molecular complexity index is 1330. The van der Waals surface area contributed by atoms with Crippen LogP contribution in [0, 0.1) is 37.5 Å². The quantitative estimate of drug-likeness (QED) is 0.367. The second kappa shape index (κ2) is 10.0. The van der Waals surface area contributed by atoms with Crippen LogP contribution in [0.25, 0.3) is 11.1 Å². The molecule has 0 aromatic heterocycles. The Hall–Kier alpha value is -3.28. The molecule has 1 aliphatic heterocycles. The second-order valence-corrected chi connectivity index (χ2v) is 13.4. The van der Waals surface area contributed by atoms with Gasteiger partial charge in [0.15, 0.2) is 0 Å². The second-order valence-electron chi connectivity index (χ2n) is 13.4. The Morgan fingerprint density at radius 2 is 1.41 bits per heavy atom. The van der Waals surface area contributed by atoms with Crippen LogP contribution in [-0.2, 0) is 24.6 Å². The van der Waals surface area contributed by atoms with Crippen molar-refractivity contribution in [2.75, 3.05) is 11.9 Å². The molecule has 6 heteroatoms. The van der Waals surface area contributed by atoms with E-state index in [0.717, 1.165) is 23.0 Å². The summed E-state index contributed by atoms with van der Waals surface area (Å²) in [4.78, 5) is 55.4. The van der Waals surface area contributed by atoms with Gasteiger partial charge < -0.3 is 9.69 Å². The summed E-state index contributed by atoms with van der Waals surface area (Å²) >= 11 is 0. The Balaban J connectivity index is 1.62. The van der Waals surface area contributed by atoms with Crippen LogP contribution in [0.5, 0.6) is 0 Å². The highest BCUT2D eigenvalue weighted by molar-refractivity contribution is 6.22. The molecule has 2 aromatic rings. The maximum Gasteiger partial charge on any atom is 0.237 e. The van der Waals surface area contributed by atoms with Gasteiger partial charge in [0, 0.05) is 24.4 Å². The minimum atomic E-state index is -0.604. The van der Waals surface area contributed by atoms with Crippen LogP contribution < -0.4 is 4.90 Å². The molecule has 0 N–H and O–H groups in total. The average Bonchev–Trinajstić information content (AvgIpc) is 3.10. The molecule has 1 aliphatic carbocycles. The lowest BCUT2D eigenvalue weighted by Gasteiger charge is -2.39. The van der Waals surface area contributed by atoms with Gasteiger partial charge in [-0.05, 0) is 92.8 Å². The fraction of sp³-hybridized carbons (Fsp3) is 0.515. The van der Waals surface area contributed by atoms with E-state index in [1.807, 2.05) is 45.9 Å². The number of amides is 3. The monoisotopic (exact) mass is 530 g/mol. The van der Waals surface area contributed by atoms with Gasteiger partial charge >= 0.3 is 0 Å². The van der Waals surface area contributed by atoms with Gasteiger partial charge in [-0.2, -0.15) is 0 Å². The predicted octanol–water partition coefficient (Wildman–Crippen LogP) is 5.86. The topological polar surface area (TPSA) is 74.8 Å². The zero-order valence-corrected chi connectivity index (χ0v) is 24.8. The molecule has 2 aliphatic rings. The van der Waals surface area contributed by atoms with Crippen LogP contribution in [0.2, 0.25) is 0 Å². The van der Waals surface area contributed by atoms with Crippen molar-refractivity contribution in [2.45, 2.75) is 79.2 Å². The first-order valence-electron chi connectivity index (χ1n) is 13.9. The van der Waals surface area contributed by atoms with Crippen LogP contribution in [0.4, 0.5) is 5.69 Å². The third kappa shape index (κ3) is 5.18. The molecule has 4 atom stereocenters. The van der Waals surface area contributed by atoms with E-state index in [1.54, 1.807) is 11.9 Å². The summed E-state index contributed by atoms with van der Waals surface area (Å²) in [6.07, 6.45) is 1.23. The van der Waals surface area contributed by atoms with E-state index in [1.165, 1.54) is 16.0 Å². The van der Waals surface area contributed by atoms with Crippen molar-refractivity contribution in [3.05, 3.63) is 53.1 Å². The highest BCUT2D eigenvalue weighted by Gasteiger charge is 2.55. The van der Waals surface area contributed by atoms with Crippen molar-refractivity contribution in [3.63, 3.8) is 0 Å². The normalized spacial score (nSPS) is 23.6. The van der Waals surface area contributed by atoms with Crippen LogP contribution in [0.3, 0.4) is 0 Å². The third-order valence-corrected chi connectivity index (χ3v) is 8.79. The molecule has 1 saturated carbocycles. The van der Waals surface area contributed by atoms with Gasteiger partial charge in [-0.1, -0.05) is 45.0 Å². The van der Waals surface area contributed by atoms with Crippen molar-refractivity contribution >= 4 is 29.7 Å². The lowest BCUT2D eigenvalue weighted by molar-refractivity contribution is -0.146. The Labute approximate surface area is 232 Å². The summed E-state index contributed by atoms with van der Waals surface area (Å²) in [5.74, 6) is -3.05. The number of carbonyl (C=O) groups excluding carboxylic acids is 4. The SMILES string of the molecule is Cc1cc(N2C(=O)C3CC(C=O)C(C(=O)N(C)C(C)(C)C)CC3C2=O)ccc1-c1ccc(C(C)(C)C)cc1C. The number of fused-ring (bicyclic) bond motifs is 1. The van der Waals surface area contributed by atoms with Gasteiger partial charge in [0.25, 0.3) is 0 Å². The van der Waals surface area contributed by atoms with E-state index in [9.17, 15) is 19.2 Å². The molecule has 3 amide bonds. The fourth-order valence-electron chi connectivity index (χ4n) is 6.01. The number of hydrogen-bond acceptors (Lipinski definition) is 4. The molecule has 4 rings (SSSR count). The molecule has 39 heavy (non-hydrogen) atoms. The maximum atomic E-state index is 13.6. The molecule has 1 saturated heterocycles. The van der Waals surface area contributed by atoms with Crippen LogP contribution in [0.1, 0.15) is 71.1 Å². The largest absolute Gasteiger partial charge is 0.341 e. The standard InChI is InChI=1S/C33H42N2O4/c1-19-14-22(32(3,4)5)10-12-24(19)25-13-11-23(15-20(25)2)35-30(38)27-16-21(18-36)26(17-28(27)31(35)39)29(37)34(9)33(6,7)8/h10-15,18,21,26-28H,16-17H2,1-9H3. The molecule has 0 spiro atoms. The first kappa shape index (κ1) is 28.7. The number of imide groups is 1. The number of aryl methyl sites for hydroxylation is 2. The van der Waals surface area contributed by atoms with E-state index in [2.05, 4.69) is 45.9 Å². The van der Waals surface area contributed by atoms with Crippen molar-refractivity contribution in [2.24, 2.45) is 23.7 Å². The molecule has 2 fully saturated rings. The summed E-state index contributed by atoms with van der Waals surface area (Å²) in [6.45, 7) is 16.5. The van der Waals surface area contributed by atoms with Gasteiger partial charge in [-0.25, -0.2) is 0 Å². The highest BCUT2D eigenvalue weighted by Crippen LogP contribution is 2.46. The number of rotatable bonds is 4. The van der Waals surface area contributed by atoms with E-state index in [0.29, 0.717) is 5.69 Å². The maximum absolute atomic E-state index is 13.6. The first-order valence-corrected chi connectivity index (χ1v) is 13.9. The average molecular weight is 531 g/mol. The lowest BCUT2D eigenvalue weighted by atomic mass is 9.69. The van der Waals surface area contributed by atoms with E-state index < -0.39 is 29.2 Å². The van der Waals surface area contributed by atoms with Crippen molar-refractivity contribution in [3.8, 4) is 11.1 Å². The molecule has 0 radical (unpaired) electrons. The van der Waals surface area contributed by atoms with E-state index in [-0.39, 0.29) is 36.0 Å². The Kier molecular flexibility index (Phi) is 7.39. The summed E-state index contributed by atoms with van der Waals surface area (Å²) in [5, 5.41) is 0. The predicted molar refractivity (Wildman–Crippen MR) is 154 cm³/mol. The number of carbonyl (C=O) groups is 4. The van der Waals surface area contributed by atoms with E-state index in [4.69, 9.17) is 0 Å². The molecule has 1 heterocycles. The Morgan fingerprint density at radius 1 is 0.872 bits per heavy atom. The molecule has 6 nitrogen and oxygen atoms in total. The van der Waals surface area contributed by atoms with Gasteiger partial charge in [-0.3, -0.25) is 19.3 Å². The molecule has 4 unspecified atom stereocenters. The van der Waals surface area contributed by atoms with Crippen LogP contribution in [-0.4, -0.2) is 41.5 Å². The minimum absolute atomic E-state index is 0.0596. The van der Waals surface area contributed by atoms with Crippen molar-refractivity contribution in [1.29, 1.82) is 0 Å². The van der Waals surface area contributed by atoms with Gasteiger partial charge in [-0.15, -0.1) is 0 Å². The molecule has 2 aromatic carbocycles. The number of nitrogens with zero attached hydrogens (tertiary/aromatic N) is 2. The van der Waals surface area contributed by atoms with Crippen LogP contribution >= 0.6 is 0 Å². The van der Waals surface area contributed by atoms with E-state index >= 15 is 0 Å². The third-order valence-electron chi connectivity index (χ3n) is 8.79. The molecular weight excluding hydrogens is 488 g/mol. The molecular formula is C33H42N2O4. The summed E-state index contributed by atoms with van der Waals surface area (Å²) in [7, 11) is 1.73. The Morgan fingerprint density at radius 3 is 1.90 bits per heavy atom. The highest BCUT2D eigenvalue weighted by atomic mass is 16.2. The minimum Gasteiger partial charge on any atom is -0.341 e. The van der Waals surface area contributed by atoms with Gasteiger partial charge in [0.05, 0.1) is 17.5 Å². The summed E-state index contributed by atoms with van der Waals surface area (Å²) in [5.41, 5.74) is 5.80. The van der Waals surface area contributed by atoms with Crippen molar-refractivity contribution < 1.29 is 19.2 Å². The fourth-order valence-corrected chi connectivity index (χ4v) is 6.01. The summed E-state index contributed by atoms with van der Waals surface area (Å²) in [6, 6.07) is 12.2. The number of benzene rings is 2. The van der Waals surface area contributed by atoms with Crippen molar-refractivity contribution in [1.82, 2.24) is 4.90 Å². The molecule has 0 bridgehead atoms. The first-order chi connectivity index (χ1) is 18.1. The van der Waals surface area contributed by atoms with Gasteiger partial charge in [0.2, 0.25) is 17.7 Å². The number of aldehydes is 1.